The molecule has 0 radical (unpaired) electrons. The van der Waals surface area contributed by atoms with E-state index >= 15 is 0 Å². The topological polar surface area (TPSA) is 75.6 Å². The highest BCUT2D eigenvalue weighted by atomic mass is 32.2. The zero-order valence-corrected chi connectivity index (χ0v) is 15.3. The van der Waals surface area contributed by atoms with Gasteiger partial charge in [0.1, 0.15) is 5.75 Å². The Labute approximate surface area is 157 Å². The second kappa shape index (κ2) is 7.67. The highest BCUT2D eigenvalue weighted by Crippen LogP contribution is 2.34. The van der Waals surface area contributed by atoms with Gasteiger partial charge in [-0.1, -0.05) is 48.5 Å². The number of phenolic OH excluding ortho intramolecular Hbond substituents is 1. The summed E-state index contributed by atoms with van der Waals surface area (Å²) in [6, 6.07) is 17.9. The Morgan fingerprint density at radius 1 is 1.04 bits per heavy atom. The van der Waals surface area contributed by atoms with Crippen molar-refractivity contribution in [2.45, 2.75) is 5.75 Å². The molecule has 140 valence electrons. The maximum atomic E-state index is 14.9. The maximum absolute atomic E-state index is 14.9. The van der Waals surface area contributed by atoms with E-state index in [9.17, 15) is 17.9 Å². The lowest BCUT2D eigenvalue weighted by Gasteiger charge is -2.14. The van der Waals surface area contributed by atoms with Gasteiger partial charge in [0.25, 0.3) is 0 Å². The molecule has 0 bridgehead atoms. The van der Waals surface area contributed by atoms with Crippen molar-refractivity contribution in [2.75, 3.05) is 11.8 Å². The van der Waals surface area contributed by atoms with Crippen LogP contribution in [0, 0.1) is 5.82 Å². The third-order valence-corrected chi connectivity index (χ3v) is 5.17. The van der Waals surface area contributed by atoms with Gasteiger partial charge in [-0.15, -0.1) is 0 Å². The summed E-state index contributed by atoms with van der Waals surface area (Å²) in [4.78, 5) is 0. The first-order valence-electron chi connectivity index (χ1n) is 8.10. The molecule has 0 aromatic heterocycles. The molecule has 0 aliphatic carbocycles. The summed E-state index contributed by atoms with van der Waals surface area (Å²) in [5.74, 6) is -1.37. The Bertz CT molecular complexity index is 1050. The summed E-state index contributed by atoms with van der Waals surface area (Å²) >= 11 is 0. The van der Waals surface area contributed by atoms with Crippen LogP contribution in [0.25, 0.3) is 11.1 Å². The number of halogens is 1. The van der Waals surface area contributed by atoms with Crippen molar-refractivity contribution in [3.63, 3.8) is 0 Å². The fraction of sp³-hybridized carbons (Fsp3) is 0.100. The SMILES string of the molecule is COc1c(-c2ccccc2)ccc(CS(=O)(=O)Nc2cccc(O)c2)c1F. The molecule has 0 atom stereocenters. The lowest BCUT2D eigenvalue weighted by Crippen LogP contribution is -2.16. The Morgan fingerprint density at radius 2 is 1.78 bits per heavy atom. The highest BCUT2D eigenvalue weighted by Gasteiger charge is 2.20. The first kappa shape index (κ1) is 18.7. The highest BCUT2D eigenvalue weighted by molar-refractivity contribution is 7.91. The van der Waals surface area contributed by atoms with Crippen molar-refractivity contribution in [1.82, 2.24) is 0 Å². The molecular formula is C20H18FNO4S. The molecule has 3 aromatic carbocycles. The minimum absolute atomic E-state index is 0.00810. The van der Waals surface area contributed by atoms with E-state index in [0.717, 1.165) is 5.56 Å². The Balaban J connectivity index is 1.91. The van der Waals surface area contributed by atoms with E-state index in [1.807, 2.05) is 30.3 Å². The third-order valence-electron chi connectivity index (χ3n) is 3.93. The Kier molecular flexibility index (Phi) is 5.32. The van der Waals surface area contributed by atoms with Crippen LogP contribution in [0.2, 0.25) is 0 Å². The average molecular weight is 387 g/mol. The van der Waals surface area contributed by atoms with E-state index in [0.29, 0.717) is 5.56 Å². The summed E-state index contributed by atoms with van der Waals surface area (Å²) < 4.78 is 47.2. The molecule has 0 unspecified atom stereocenters. The first-order valence-corrected chi connectivity index (χ1v) is 9.75. The van der Waals surface area contributed by atoms with Crippen molar-refractivity contribution < 1.29 is 22.7 Å². The third kappa shape index (κ3) is 4.38. The van der Waals surface area contributed by atoms with Crippen LogP contribution >= 0.6 is 0 Å². The van der Waals surface area contributed by atoms with Gasteiger partial charge >= 0.3 is 0 Å². The quantitative estimate of drug-likeness (QED) is 0.666. The number of sulfonamides is 1. The number of aromatic hydroxyl groups is 1. The Morgan fingerprint density at radius 3 is 2.44 bits per heavy atom. The van der Waals surface area contributed by atoms with Crippen molar-refractivity contribution in [1.29, 1.82) is 0 Å². The molecule has 7 heteroatoms. The van der Waals surface area contributed by atoms with Crippen LogP contribution < -0.4 is 9.46 Å². The molecule has 0 spiro atoms. The van der Waals surface area contributed by atoms with Gasteiger partial charge in [-0.2, -0.15) is 0 Å². The summed E-state index contributed by atoms with van der Waals surface area (Å²) in [7, 11) is -2.54. The average Bonchev–Trinajstić information content (AvgIpc) is 2.63. The minimum Gasteiger partial charge on any atom is -0.508 e. The van der Waals surface area contributed by atoms with Crippen LogP contribution in [0.1, 0.15) is 5.56 Å². The van der Waals surface area contributed by atoms with Crippen LogP contribution in [0.15, 0.2) is 66.7 Å². The number of phenols is 1. The van der Waals surface area contributed by atoms with Crippen LogP contribution in [0.3, 0.4) is 0 Å². The van der Waals surface area contributed by atoms with Gasteiger partial charge in [-0.25, -0.2) is 12.8 Å². The molecule has 0 saturated carbocycles. The van der Waals surface area contributed by atoms with E-state index < -0.39 is 21.6 Å². The Hall–Kier alpha value is -3.06. The molecule has 3 rings (SSSR count). The van der Waals surface area contributed by atoms with Crippen LogP contribution in [-0.2, 0) is 15.8 Å². The number of benzene rings is 3. The lowest BCUT2D eigenvalue weighted by atomic mass is 10.0. The number of anilines is 1. The van der Waals surface area contributed by atoms with E-state index in [-0.39, 0.29) is 22.7 Å². The van der Waals surface area contributed by atoms with Crippen molar-refractivity contribution >= 4 is 15.7 Å². The molecule has 0 aliphatic rings. The minimum atomic E-state index is -3.89. The summed E-state index contributed by atoms with van der Waals surface area (Å²) in [5.41, 5.74) is 1.49. The molecule has 0 saturated heterocycles. The largest absolute Gasteiger partial charge is 0.508 e. The summed E-state index contributed by atoms with van der Waals surface area (Å²) in [6.07, 6.45) is 0. The number of ether oxygens (including phenoxy) is 1. The molecule has 0 fully saturated rings. The number of nitrogens with one attached hydrogen (secondary N) is 1. The van der Waals surface area contributed by atoms with Crippen molar-refractivity contribution in [3.8, 4) is 22.6 Å². The zero-order chi connectivity index (χ0) is 19.4. The van der Waals surface area contributed by atoms with E-state index in [4.69, 9.17) is 4.74 Å². The van der Waals surface area contributed by atoms with Crippen LogP contribution in [0.4, 0.5) is 10.1 Å². The lowest BCUT2D eigenvalue weighted by molar-refractivity contribution is 0.386. The fourth-order valence-electron chi connectivity index (χ4n) is 2.74. The number of methoxy groups -OCH3 is 1. The zero-order valence-electron chi connectivity index (χ0n) is 14.5. The first-order chi connectivity index (χ1) is 12.9. The van der Waals surface area contributed by atoms with E-state index in [2.05, 4.69) is 4.72 Å². The smallest absolute Gasteiger partial charge is 0.237 e. The standard InChI is InChI=1S/C20H18FNO4S/c1-26-20-18(14-6-3-2-4-7-14)11-10-15(19(20)21)13-27(24,25)22-16-8-5-9-17(23)12-16/h2-12,22-23H,13H2,1H3. The molecular weight excluding hydrogens is 369 g/mol. The molecule has 5 nitrogen and oxygen atoms in total. The number of hydrogen-bond acceptors (Lipinski definition) is 4. The van der Waals surface area contributed by atoms with E-state index in [1.165, 1.54) is 37.4 Å². The van der Waals surface area contributed by atoms with Gasteiger partial charge < -0.3 is 9.84 Å². The van der Waals surface area contributed by atoms with Gasteiger partial charge in [-0.05, 0) is 17.7 Å². The summed E-state index contributed by atoms with van der Waals surface area (Å²) in [6.45, 7) is 0. The van der Waals surface area contributed by atoms with Gasteiger partial charge in [0, 0.05) is 17.2 Å². The monoisotopic (exact) mass is 387 g/mol. The molecule has 3 aromatic rings. The fourth-order valence-corrected chi connectivity index (χ4v) is 3.93. The van der Waals surface area contributed by atoms with Crippen molar-refractivity contribution in [3.05, 3.63) is 78.1 Å². The van der Waals surface area contributed by atoms with E-state index in [1.54, 1.807) is 6.07 Å². The normalized spacial score (nSPS) is 11.2. The van der Waals surface area contributed by atoms with Gasteiger partial charge in [0.2, 0.25) is 10.0 Å². The van der Waals surface area contributed by atoms with Crippen LogP contribution in [-0.4, -0.2) is 20.6 Å². The van der Waals surface area contributed by atoms with Crippen molar-refractivity contribution in [2.24, 2.45) is 0 Å². The molecule has 2 N–H and O–H groups in total. The second-order valence-electron chi connectivity index (χ2n) is 5.90. The number of hydrogen-bond donors (Lipinski definition) is 2. The maximum Gasteiger partial charge on any atom is 0.237 e. The molecule has 0 aliphatic heterocycles. The summed E-state index contributed by atoms with van der Waals surface area (Å²) in [5, 5.41) is 9.44. The van der Waals surface area contributed by atoms with Gasteiger partial charge in [0.15, 0.2) is 11.6 Å². The second-order valence-corrected chi connectivity index (χ2v) is 7.62. The molecule has 27 heavy (non-hydrogen) atoms. The predicted octanol–water partition coefficient (Wildman–Crippen LogP) is 4.15. The predicted molar refractivity (Wildman–Crippen MR) is 103 cm³/mol. The van der Waals surface area contributed by atoms with Crippen LogP contribution in [0.5, 0.6) is 11.5 Å². The van der Waals surface area contributed by atoms with Gasteiger partial charge in [0.05, 0.1) is 18.6 Å². The number of rotatable bonds is 6. The van der Waals surface area contributed by atoms with Gasteiger partial charge in [-0.3, -0.25) is 4.72 Å². The molecule has 0 amide bonds. The molecule has 0 heterocycles.